The molecule has 0 spiro atoms. The number of amides is 4. The van der Waals surface area contributed by atoms with Crippen LogP contribution >= 0.6 is 0 Å². The number of hydrogen-bond acceptors (Lipinski definition) is 3. The minimum Gasteiger partial charge on any atom is -0.326 e. The third-order valence-electron chi connectivity index (χ3n) is 4.37. The number of benzene rings is 1. The number of carbonyl (C=O) groups is 3. The van der Waals surface area contributed by atoms with Crippen LogP contribution in [0.5, 0.6) is 0 Å². The second-order valence-corrected chi connectivity index (χ2v) is 6.10. The van der Waals surface area contributed by atoms with Crippen LogP contribution in [0.2, 0.25) is 0 Å². The summed E-state index contributed by atoms with van der Waals surface area (Å²) in [7, 11) is 0. The van der Waals surface area contributed by atoms with Gasteiger partial charge in [-0.1, -0.05) is 19.4 Å². The smallest absolute Gasteiger partial charge is 0.325 e. The van der Waals surface area contributed by atoms with E-state index in [4.69, 9.17) is 0 Å². The maximum atomic E-state index is 12.1. The average Bonchev–Trinajstić information content (AvgIpc) is 3.07. The van der Waals surface area contributed by atoms with Crippen molar-refractivity contribution in [2.45, 2.75) is 45.1 Å². The van der Waals surface area contributed by atoms with Crippen LogP contribution in [0.3, 0.4) is 0 Å². The van der Waals surface area contributed by atoms with E-state index in [0.717, 1.165) is 30.6 Å². The Hall–Kier alpha value is -2.37. The number of rotatable bonds is 5. The highest BCUT2D eigenvalue weighted by Crippen LogP contribution is 2.24. The summed E-state index contributed by atoms with van der Waals surface area (Å²) in [5.74, 6) is -0.676. The maximum absolute atomic E-state index is 12.1. The van der Waals surface area contributed by atoms with Crippen molar-refractivity contribution in [3.63, 3.8) is 0 Å². The molecule has 4 amide bonds. The third kappa shape index (κ3) is 3.21. The van der Waals surface area contributed by atoms with Crippen LogP contribution in [-0.2, 0) is 22.4 Å². The molecule has 1 atom stereocenters. The van der Waals surface area contributed by atoms with Crippen LogP contribution in [0.1, 0.15) is 37.3 Å². The highest BCUT2D eigenvalue weighted by Gasteiger charge is 2.38. The molecule has 1 fully saturated rings. The number of imide groups is 1. The molecule has 23 heavy (non-hydrogen) atoms. The van der Waals surface area contributed by atoms with Gasteiger partial charge in [-0.15, -0.1) is 0 Å². The van der Waals surface area contributed by atoms with Gasteiger partial charge in [0.25, 0.3) is 5.91 Å². The SMILES string of the molecule is CCC[C@@H]1NC(=O)N(CC(=O)Nc2ccc3c(c2)CCC3)C1=O. The van der Waals surface area contributed by atoms with Crippen LogP contribution in [0.25, 0.3) is 0 Å². The van der Waals surface area contributed by atoms with E-state index in [1.54, 1.807) is 0 Å². The molecule has 1 heterocycles. The van der Waals surface area contributed by atoms with Gasteiger partial charge in [0, 0.05) is 5.69 Å². The Bertz CT molecular complexity index is 656. The molecule has 3 rings (SSSR count). The fraction of sp³-hybridized carbons (Fsp3) is 0.471. The molecule has 1 aromatic rings. The zero-order valence-corrected chi connectivity index (χ0v) is 13.2. The van der Waals surface area contributed by atoms with Gasteiger partial charge in [0.2, 0.25) is 5.91 Å². The molecular weight excluding hydrogens is 294 g/mol. The lowest BCUT2D eigenvalue weighted by Gasteiger charge is -2.13. The molecule has 2 N–H and O–H groups in total. The van der Waals surface area contributed by atoms with Crippen molar-refractivity contribution in [1.29, 1.82) is 0 Å². The molecule has 6 nitrogen and oxygen atoms in total. The zero-order valence-electron chi connectivity index (χ0n) is 13.2. The largest absolute Gasteiger partial charge is 0.326 e. The van der Waals surface area contributed by atoms with Gasteiger partial charge in [0.1, 0.15) is 12.6 Å². The van der Waals surface area contributed by atoms with E-state index in [1.165, 1.54) is 11.1 Å². The molecule has 0 unspecified atom stereocenters. The van der Waals surface area contributed by atoms with Gasteiger partial charge in [0.15, 0.2) is 0 Å². The number of aryl methyl sites for hydroxylation is 2. The fourth-order valence-electron chi connectivity index (χ4n) is 3.20. The first-order valence-electron chi connectivity index (χ1n) is 8.12. The van der Waals surface area contributed by atoms with Crippen LogP contribution in [0, 0.1) is 0 Å². The number of nitrogens with zero attached hydrogens (tertiary/aromatic N) is 1. The Balaban J connectivity index is 1.61. The van der Waals surface area contributed by atoms with Crippen LogP contribution < -0.4 is 10.6 Å². The van der Waals surface area contributed by atoms with Crippen LogP contribution in [0.4, 0.5) is 10.5 Å². The number of fused-ring (bicyclic) bond motifs is 1. The van der Waals surface area contributed by atoms with Crippen molar-refractivity contribution in [2.24, 2.45) is 0 Å². The molecule has 1 aliphatic carbocycles. The number of urea groups is 1. The van der Waals surface area contributed by atoms with E-state index >= 15 is 0 Å². The van der Waals surface area contributed by atoms with Crippen molar-refractivity contribution >= 4 is 23.5 Å². The van der Waals surface area contributed by atoms with Crippen molar-refractivity contribution in [1.82, 2.24) is 10.2 Å². The minimum absolute atomic E-state index is 0.248. The highest BCUT2D eigenvalue weighted by atomic mass is 16.2. The first kappa shape index (κ1) is 15.5. The molecule has 1 aliphatic heterocycles. The number of anilines is 1. The molecule has 0 saturated carbocycles. The van der Waals surface area contributed by atoms with Crippen molar-refractivity contribution in [2.75, 3.05) is 11.9 Å². The molecule has 1 aromatic carbocycles. The highest BCUT2D eigenvalue weighted by molar-refractivity contribution is 6.07. The third-order valence-corrected chi connectivity index (χ3v) is 4.37. The summed E-state index contributed by atoms with van der Waals surface area (Å²) in [6.07, 6.45) is 4.66. The second kappa shape index (κ2) is 6.40. The van der Waals surface area contributed by atoms with E-state index in [0.29, 0.717) is 12.1 Å². The zero-order chi connectivity index (χ0) is 16.4. The van der Waals surface area contributed by atoms with Crippen molar-refractivity contribution in [3.8, 4) is 0 Å². The molecular formula is C17H21N3O3. The first-order valence-corrected chi connectivity index (χ1v) is 8.12. The molecule has 0 radical (unpaired) electrons. The first-order chi connectivity index (χ1) is 11.1. The molecule has 2 aliphatic rings. The minimum atomic E-state index is -0.500. The lowest BCUT2D eigenvalue weighted by molar-refractivity contribution is -0.130. The Kier molecular flexibility index (Phi) is 4.32. The Labute approximate surface area is 135 Å². The summed E-state index contributed by atoms with van der Waals surface area (Å²) < 4.78 is 0. The van der Waals surface area contributed by atoms with Gasteiger partial charge in [-0.3, -0.25) is 14.5 Å². The lowest BCUT2D eigenvalue weighted by atomic mass is 10.1. The van der Waals surface area contributed by atoms with E-state index in [1.807, 2.05) is 25.1 Å². The van der Waals surface area contributed by atoms with Crippen LogP contribution in [0.15, 0.2) is 18.2 Å². The van der Waals surface area contributed by atoms with Gasteiger partial charge >= 0.3 is 6.03 Å². The predicted molar refractivity (Wildman–Crippen MR) is 86.0 cm³/mol. The number of hydrogen-bond donors (Lipinski definition) is 2. The van der Waals surface area contributed by atoms with Crippen LogP contribution in [-0.4, -0.2) is 35.3 Å². The topological polar surface area (TPSA) is 78.5 Å². The summed E-state index contributed by atoms with van der Waals surface area (Å²) >= 11 is 0. The molecule has 122 valence electrons. The normalized spacial score (nSPS) is 19.7. The molecule has 0 bridgehead atoms. The van der Waals surface area contributed by atoms with Gasteiger partial charge in [-0.05, 0) is 48.9 Å². The Morgan fingerprint density at radius 2 is 2.09 bits per heavy atom. The predicted octanol–water partition coefficient (Wildman–Crippen LogP) is 1.83. The van der Waals surface area contributed by atoms with E-state index < -0.39 is 12.1 Å². The van der Waals surface area contributed by atoms with Gasteiger partial charge in [-0.25, -0.2) is 4.79 Å². The summed E-state index contributed by atoms with van der Waals surface area (Å²) in [5.41, 5.74) is 3.31. The molecule has 0 aromatic heterocycles. The Morgan fingerprint density at radius 3 is 2.87 bits per heavy atom. The summed E-state index contributed by atoms with van der Waals surface area (Å²) in [5, 5.41) is 5.39. The second-order valence-electron chi connectivity index (χ2n) is 6.10. The van der Waals surface area contributed by atoms with Crippen molar-refractivity contribution in [3.05, 3.63) is 29.3 Å². The van der Waals surface area contributed by atoms with Gasteiger partial charge in [0.05, 0.1) is 0 Å². The van der Waals surface area contributed by atoms with Gasteiger partial charge in [-0.2, -0.15) is 0 Å². The standard InChI is InChI=1S/C17H21N3O3/c1-2-4-14-16(22)20(17(23)19-14)10-15(21)18-13-8-7-11-5-3-6-12(11)9-13/h7-9,14H,2-6,10H2,1H3,(H,18,21)(H,19,23)/t14-/m0/s1. The summed E-state index contributed by atoms with van der Waals surface area (Å²) in [6.45, 7) is 1.70. The summed E-state index contributed by atoms with van der Waals surface area (Å²) in [4.78, 5) is 37.1. The molecule has 1 saturated heterocycles. The maximum Gasteiger partial charge on any atom is 0.325 e. The van der Waals surface area contributed by atoms with Crippen molar-refractivity contribution < 1.29 is 14.4 Å². The van der Waals surface area contributed by atoms with E-state index in [-0.39, 0.29) is 18.4 Å². The monoisotopic (exact) mass is 315 g/mol. The van der Waals surface area contributed by atoms with E-state index in [9.17, 15) is 14.4 Å². The number of carbonyl (C=O) groups excluding carboxylic acids is 3. The summed E-state index contributed by atoms with van der Waals surface area (Å²) in [6, 6.07) is 4.89. The van der Waals surface area contributed by atoms with E-state index in [2.05, 4.69) is 10.6 Å². The number of nitrogens with one attached hydrogen (secondary N) is 2. The van der Waals surface area contributed by atoms with Gasteiger partial charge < -0.3 is 10.6 Å². The lowest BCUT2D eigenvalue weighted by Crippen LogP contribution is -2.38. The molecule has 6 heteroatoms. The Morgan fingerprint density at radius 1 is 1.30 bits per heavy atom. The average molecular weight is 315 g/mol. The fourth-order valence-corrected chi connectivity index (χ4v) is 3.20. The quantitative estimate of drug-likeness (QED) is 0.814.